The van der Waals surface area contributed by atoms with E-state index in [9.17, 15) is 14.7 Å². The van der Waals surface area contributed by atoms with Crippen molar-refractivity contribution in [2.45, 2.75) is 99.3 Å². The Hall–Kier alpha value is -1.84. The number of carboxylic acids is 1. The van der Waals surface area contributed by atoms with Gasteiger partial charge in [0.15, 0.2) is 0 Å². The van der Waals surface area contributed by atoms with Crippen LogP contribution in [0.2, 0.25) is 0 Å². The van der Waals surface area contributed by atoms with E-state index in [1.165, 1.54) is 38.4 Å². The molecule has 4 heteroatoms. The van der Waals surface area contributed by atoms with Gasteiger partial charge in [0.05, 0.1) is 7.11 Å². The first-order valence-corrected chi connectivity index (χ1v) is 13.6. The van der Waals surface area contributed by atoms with E-state index in [0.717, 1.165) is 25.7 Å². The van der Waals surface area contributed by atoms with Crippen molar-refractivity contribution in [2.24, 2.45) is 39.9 Å². The Kier molecular flexibility index (Phi) is 8.13. The molecule has 4 nitrogen and oxygen atoms in total. The number of carbonyl (C=O) groups is 2. The van der Waals surface area contributed by atoms with Gasteiger partial charge in [-0.1, -0.05) is 57.6 Å². The molecule has 2 saturated carbocycles. The van der Waals surface area contributed by atoms with Crippen molar-refractivity contribution in [3.05, 3.63) is 35.5 Å². The van der Waals surface area contributed by atoms with Crippen LogP contribution in [0, 0.1) is 39.9 Å². The second kappa shape index (κ2) is 10.3. The van der Waals surface area contributed by atoms with Crippen molar-refractivity contribution in [3.8, 4) is 0 Å². The van der Waals surface area contributed by atoms with Gasteiger partial charge in [0.25, 0.3) is 0 Å². The molecule has 0 aromatic carbocycles. The van der Waals surface area contributed by atoms with Gasteiger partial charge in [-0.25, -0.2) is 4.79 Å². The zero-order valence-corrected chi connectivity index (χ0v) is 23.2. The highest BCUT2D eigenvalue weighted by molar-refractivity contribution is 5.85. The fraction of sp³-hybridized carbons (Fsp3) is 0.742. The van der Waals surface area contributed by atoms with Crippen LogP contribution in [-0.2, 0) is 14.3 Å². The van der Waals surface area contributed by atoms with E-state index in [2.05, 4.69) is 47.3 Å². The topological polar surface area (TPSA) is 63.6 Å². The first-order chi connectivity index (χ1) is 16.3. The predicted molar refractivity (Wildman–Crippen MR) is 142 cm³/mol. The molecule has 0 saturated heterocycles. The van der Waals surface area contributed by atoms with Gasteiger partial charge in [-0.2, -0.15) is 0 Å². The quantitative estimate of drug-likeness (QED) is 0.206. The Balaban J connectivity index is 1.86. The molecular formula is C31H48O4. The molecule has 3 aliphatic carbocycles. The van der Waals surface area contributed by atoms with E-state index in [4.69, 9.17) is 4.74 Å². The second-order valence-corrected chi connectivity index (χ2v) is 12.6. The van der Waals surface area contributed by atoms with Crippen LogP contribution < -0.4 is 0 Å². The SMILES string of the molecule is C=C(C)[C@H]1CC=C2[C@@H](CC[C@@]3(C)[C@H]([C@@H](C)CC/C=C(/C)C(=O)O)CC[C@]23C)[C@@]1(C)CCC(=O)OC. The van der Waals surface area contributed by atoms with E-state index in [-0.39, 0.29) is 22.2 Å². The van der Waals surface area contributed by atoms with Crippen molar-refractivity contribution in [3.63, 3.8) is 0 Å². The summed E-state index contributed by atoms with van der Waals surface area (Å²) in [6, 6.07) is 0. The normalized spacial score (nSPS) is 37.6. The molecule has 0 spiro atoms. The van der Waals surface area contributed by atoms with Crippen LogP contribution in [0.1, 0.15) is 99.3 Å². The van der Waals surface area contributed by atoms with Gasteiger partial charge in [-0.15, -0.1) is 0 Å². The van der Waals surface area contributed by atoms with E-state index in [1.54, 1.807) is 12.5 Å². The van der Waals surface area contributed by atoms with Crippen LogP contribution in [0.25, 0.3) is 0 Å². The molecule has 0 amide bonds. The minimum Gasteiger partial charge on any atom is -0.478 e. The minimum atomic E-state index is -0.816. The largest absolute Gasteiger partial charge is 0.478 e. The number of ether oxygens (including phenoxy) is 1. The van der Waals surface area contributed by atoms with E-state index < -0.39 is 5.97 Å². The van der Waals surface area contributed by atoms with Gasteiger partial charge < -0.3 is 9.84 Å². The number of aliphatic carboxylic acids is 1. The minimum absolute atomic E-state index is 0.0251. The third-order valence-corrected chi connectivity index (χ3v) is 11.0. The highest BCUT2D eigenvalue weighted by Crippen LogP contribution is 2.72. The van der Waals surface area contributed by atoms with Crippen molar-refractivity contribution in [1.82, 2.24) is 0 Å². The third-order valence-electron chi connectivity index (χ3n) is 11.0. The monoisotopic (exact) mass is 484 g/mol. The Morgan fingerprint density at radius 2 is 1.91 bits per heavy atom. The third kappa shape index (κ3) is 4.79. The van der Waals surface area contributed by atoms with Crippen molar-refractivity contribution < 1.29 is 19.4 Å². The number of allylic oxidation sites excluding steroid dienone is 4. The summed E-state index contributed by atoms with van der Waals surface area (Å²) in [5, 5.41) is 9.17. The first kappa shape index (κ1) is 27.7. The molecule has 196 valence electrons. The molecule has 2 fully saturated rings. The number of methoxy groups -OCH3 is 1. The van der Waals surface area contributed by atoms with Crippen LogP contribution >= 0.6 is 0 Å². The van der Waals surface area contributed by atoms with E-state index in [1.807, 2.05) is 6.08 Å². The number of fused-ring (bicyclic) bond motifs is 3. The molecule has 0 aromatic rings. The summed E-state index contributed by atoms with van der Waals surface area (Å²) in [7, 11) is 1.48. The van der Waals surface area contributed by atoms with Gasteiger partial charge in [0.2, 0.25) is 0 Å². The Morgan fingerprint density at radius 1 is 1.23 bits per heavy atom. The lowest BCUT2D eigenvalue weighted by atomic mass is 9.44. The van der Waals surface area contributed by atoms with Gasteiger partial charge in [0, 0.05) is 12.0 Å². The van der Waals surface area contributed by atoms with E-state index >= 15 is 0 Å². The van der Waals surface area contributed by atoms with Crippen molar-refractivity contribution in [1.29, 1.82) is 0 Å². The molecule has 0 unspecified atom stereocenters. The summed E-state index contributed by atoms with van der Waals surface area (Å²) in [5.41, 5.74) is 3.78. The zero-order valence-electron chi connectivity index (χ0n) is 23.2. The molecule has 7 atom stereocenters. The molecule has 3 aliphatic rings. The summed E-state index contributed by atoms with van der Waals surface area (Å²) >= 11 is 0. The van der Waals surface area contributed by atoms with Crippen LogP contribution in [0.4, 0.5) is 0 Å². The van der Waals surface area contributed by atoms with Crippen LogP contribution in [-0.4, -0.2) is 24.2 Å². The average Bonchev–Trinajstić information content (AvgIpc) is 3.08. The first-order valence-electron chi connectivity index (χ1n) is 13.6. The molecule has 0 aromatic heterocycles. The van der Waals surface area contributed by atoms with Crippen molar-refractivity contribution in [2.75, 3.05) is 7.11 Å². The molecule has 0 heterocycles. The molecule has 3 rings (SSSR count). The maximum atomic E-state index is 12.1. The van der Waals surface area contributed by atoms with Gasteiger partial charge in [0.1, 0.15) is 0 Å². The molecule has 35 heavy (non-hydrogen) atoms. The van der Waals surface area contributed by atoms with Crippen LogP contribution in [0.15, 0.2) is 35.5 Å². The van der Waals surface area contributed by atoms with Gasteiger partial charge in [-0.05, 0) is 105 Å². The molecule has 1 N–H and O–H groups in total. The summed E-state index contributed by atoms with van der Waals surface area (Å²) < 4.78 is 5.01. The standard InChI is InChI=1S/C31H48O4/c1-20(2)23-12-13-26-25(29(23,5)17-16-27(32)35-8)15-19-30(6)24(14-18-31(26,30)7)21(3)10-9-11-22(4)28(33)34/h11,13,21,23-25H,1,9-10,12,14-19H2,2-8H3,(H,33,34)/b22-11-/t21-,23+,24-,25+,29-,30-,31+/m0/s1. The lowest BCUT2D eigenvalue weighted by molar-refractivity contribution is -0.142. The fourth-order valence-corrected chi connectivity index (χ4v) is 8.54. The van der Waals surface area contributed by atoms with Crippen molar-refractivity contribution >= 4 is 11.9 Å². The number of rotatable bonds is 9. The van der Waals surface area contributed by atoms with Crippen LogP contribution in [0.3, 0.4) is 0 Å². The maximum Gasteiger partial charge on any atom is 0.330 e. The summed E-state index contributed by atoms with van der Waals surface area (Å²) in [6.45, 7) is 18.0. The highest BCUT2D eigenvalue weighted by atomic mass is 16.5. The molecular weight excluding hydrogens is 436 g/mol. The molecule has 0 radical (unpaired) electrons. The molecule has 0 bridgehead atoms. The number of hydrogen-bond donors (Lipinski definition) is 1. The smallest absolute Gasteiger partial charge is 0.330 e. The number of carbonyl (C=O) groups excluding carboxylic acids is 1. The fourth-order valence-electron chi connectivity index (χ4n) is 8.54. The van der Waals surface area contributed by atoms with Gasteiger partial charge >= 0.3 is 11.9 Å². The Labute approximate surface area is 213 Å². The number of hydrogen-bond acceptors (Lipinski definition) is 3. The highest BCUT2D eigenvalue weighted by Gasteiger charge is 2.63. The average molecular weight is 485 g/mol. The van der Waals surface area contributed by atoms with Gasteiger partial charge in [-0.3, -0.25) is 4.79 Å². The lowest BCUT2D eigenvalue weighted by Crippen LogP contribution is -2.52. The molecule has 0 aliphatic heterocycles. The second-order valence-electron chi connectivity index (χ2n) is 12.6. The summed E-state index contributed by atoms with van der Waals surface area (Å²) in [5.74, 6) is 1.16. The summed E-state index contributed by atoms with van der Waals surface area (Å²) in [6.07, 6.45) is 13.5. The Morgan fingerprint density at radius 3 is 2.51 bits per heavy atom. The maximum absolute atomic E-state index is 12.1. The Bertz CT molecular complexity index is 913. The number of esters is 1. The predicted octanol–water partition coefficient (Wildman–Crippen LogP) is 7.75. The number of carboxylic acid groups (broad SMARTS) is 1. The lowest BCUT2D eigenvalue weighted by Gasteiger charge is -2.60. The summed E-state index contributed by atoms with van der Waals surface area (Å²) in [4.78, 5) is 23.3. The van der Waals surface area contributed by atoms with E-state index in [0.29, 0.717) is 35.7 Å². The van der Waals surface area contributed by atoms with Crippen LogP contribution in [0.5, 0.6) is 0 Å². The zero-order chi connectivity index (χ0) is 26.2.